The van der Waals surface area contributed by atoms with Gasteiger partial charge in [-0.2, -0.15) is 26.3 Å². The summed E-state index contributed by atoms with van der Waals surface area (Å²) in [6, 6.07) is 6.94. The summed E-state index contributed by atoms with van der Waals surface area (Å²) < 4.78 is 76.2. The molecule has 0 unspecified atom stereocenters. The molecule has 0 saturated carbocycles. The van der Waals surface area contributed by atoms with E-state index in [0.29, 0.717) is 22.9 Å². The second kappa shape index (κ2) is 8.72. The number of rotatable bonds is 6. The quantitative estimate of drug-likeness (QED) is 0.480. The fourth-order valence-electron chi connectivity index (χ4n) is 2.17. The van der Waals surface area contributed by atoms with E-state index in [1.807, 2.05) is 12.2 Å². The lowest BCUT2D eigenvalue weighted by Crippen LogP contribution is -2.23. The van der Waals surface area contributed by atoms with Crippen molar-refractivity contribution in [2.75, 3.05) is 22.9 Å². The summed E-state index contributed by atoms with van der Waals surface area (Å²) in [6.07, 6.45) is -8.99. The van der Waals surface area contributed by atoms with Gasteiger partial charge in [0.2, 0.25) is 0 Å². The number of carbonyl (C=O) groups excluding carboxylic acids is 1. The fourth-order valence-corrected chi connectivity index (χ4v) is 2.97. The molecule has 152 valence electrons. The minimum atomic E-state index is -4.77. The van der Waals surface area contributed by atoms with E-state index in [-0.39, 0.29) is 5.56 Å². The fraction of sp³-hybridized carbons (Fsp3) is 0.294. The Balaban J connectivity index is 2.37. The molecule has 0 aliphatic carbocycles. The van der Waals surface area contributed by atoms with Crippen molar-refractivity contribution in [3.8, 4) is 0 Å². The molecule has 0 fully saturated rings. The Kier molecular flexibility index (Phi) is 6.81. The van der Waals surface area contributed by atoms with E-state index in [0.717, 1.165) is 0 Å². The first-order valence-corrected chi connectivity index (χ1v) is 8.91. The van der Waals surface area contributed by atoms with Gasteiger partial charge in [-0.15, -0.1) is 11.8 Å². The molecule has 0 aliphatic rings. The normalized spacial score (nSPS) is 12.0. The molecule has 0 atom stereocenters. The average Bonchev–Trinajstić information content (AvgIpc) is 2.59. The van der Waals surface area contributed by atoms with Crippen molar-refractivity contribution in [2.24, 2.45) is 0 Å². The van der Waals surface area contributed by atoms with Crippen LogP contribution in [0.25, 0.3) is 0 Å². The number of benzene rings is 1. The molecule has 0 saturated heterocycles. The number of thioether (sulfide) groups is 1. The molecule has 2 N–H and O–H groups in total. The maximum atomic E-state index is 12.9. The van der Waals surface area contributed by atoms with Gasteiger partial charge >= 0.3 is 12.4 Å². The summed E-state index contributed by atoms with van der Waals surface area (Å²) in [7, 11) is 0. The number of amides is 1. The molecule has 1 aromatic heterocycles. The van der Waals surface area contributed by atoms with Gasteiger partial charge in [-0.3, -0.25) is 4.79 Å². The lowest BCUT2D eigenvalue weighted by molar-refractivity contribution is -0.137. The highest BCUT2D eigenvalue weighted by molar-refractivity contribution is 7.99. The molecule has 2 aromatic rings. The van der Waals surface area contributed by atoms with E-state index in [2.05, 4.69) is 10.3 Å². The Labute approximate surface area is 160 Å². The Hall–Kier alpha value is -2.43. The molecule has 28 heavy (non-hydrogen) atoms. The second-order valence-corrected chi connectivity index (χ2v) is 6.78. The Bertz CT molecular complexity index is 838. The van der Waals surface area contributed by atoms with E-state index in [1.54, 1.807) is 18.2 Å². The SMILES string of the molecule is CCSc1ccccc1C(=O)Nc1cc(C(F)(F)F)cnc1NCC(F)(F)F. The first kappa shape index (κ1) is 21.9. The Morgan fingerprint density at radius 3 is 2.43 bits per heavy atom. The Morgan fingerprint density at radius 1 is 1.14 bits per heavy atom. The maximum Gasteiger partial charge on any atom is 0.417 e. The van der Waals surface area contributed by atoms with Crippen LogP contribution < -0.4 is 10.6 Å². The highest BCUT2D eigenvalue weighted by Crippen LogP contribution is 2.33. The van der Waals surface area contributed by atoms with Crippen molar-refractivity contribution in [3.05, 3.63) is 47.7 Å². The number of nitrogens with one attached hydrogen (secondary N) is 2. The summed E-state index contributed by atoms with van der Waals surface area (Å²) >= 11 is 1.35. The molecule has 0 spiro atoms. The molecule has 4 nitrogen and oxygen atoms in total. The lowest BCUT2D eigenvalue weighted by atomic mass is 10.2. The predicted molar refractivity (Wildman–Crippen MR) is 94.6 cm³/mol. The van der Waals surface area contributed by atoms with Crippen LogP contribution in [0.2, 0.25) is 0 Å². The minimum absolute atomic E-state index is 0.188. The van der Waals surface area contributed by atoms with Gasteiger partial charge in [0.05, 0.1) is 16.8 Å². The largest absolute Gasteiger partial charge is 0.417 e. The lowest BCUT2D eigenvalue weighted by Gasteiger charge is -2.16. The zero-order valence-electron chi connectivity index (χ0n) is 14.4. The van der Waals surface area contributed by atoms with Crippen molar-refractivity contribution in [1.29, 1.82) is 0 Å². The molecule has 2 rings (SSSR count). The van der Waals surface area contributed by atoms with Crippen LogP contribution in [-0.4, -0.2) is 29.4 Å². The topological polar surface area (TPSA) is 54.0 Å². The summed E-state index contributed by atoms with van der Waals surface area (Å²) in [5.74, 6) is -0.625. The number of aromatic nitrogens is 1. The van der Waals surface area contributed by atoms with Gasteiger partial charge in [0.1, 0.15) is 12.4 Å². The van der Waals surface area contributed by atoms with Crippen LogP contribution in [0.5, 0.6) is 0 Å². The van der Waals surface area contributed by atoms with Crippen LogP contribution in [0.3, 0.4) is 0 Å². The van der Waals surface area contributed by atoms with Gasteiger partial charge in [0.25, 0.3) is 5.91 Å². The van der Waals surface area contributed by atoms with Crippen LogP contribution in [-0.2, 0) is 6.18 Å². The van der Waals surface area contributed by atoms with Gasteiger partial charge in [0.15, 0.2) is 0 Å². The van der Waals surface area contributed by atoms with Gasteiger partial charge in [-0.25, -0.2) is 4.98 Å². The number of anilines is 2. The molecule has 1 aromatic carbocycles. The zero-order chi connectivity index (χ0) is 20.9. The minimum Gasteiger partial charge on any atom is -0.359 e. The molecule has 0 bridgehead atoms. The number of hydrogen-bond donors (Lipinski definition) is 2. The van der Waals surface area contributed by atoms with Crippen molar-refractivity contribution >= 4 is 29.2 Å². The highest BCUT2D eigenvalue weighted by Gasteiger charge is 2.33. The van der Waals surface area contributed by atoms with Crippen LogP contribution in [0, 0.1) is 0 Å². The van der Waals surface area contributed by atoms with Gasteiger partial charge < -0.3 is 10.6 Å². The monoisotopic (exact) mass is 423 g/mol. The molecule has 1 amide bonds. The summed E-state index contributed by atoms with van der Waals surface area (Å²) in [6.45, 7) is 0.339. The van der Waals surface area contributed by atoms with Gasteiger partial charge in [-0.05, 0) is 24.0 Å². The molecule has 11 heteroatoms. The maximum absolute atomic E-state index is 12.9. The van der Waals surface area contributed by atoms with Crippen LogP contribution >= 0.6 is 11.8 Å². The average molecular weight is 423 g/mol. The first-order valence-electron chi connectivity index (χ1n) is 7.92. The van der Waals surface area contributed by atoms with Crippen molar-refractivity contribution in [2.45, 2.75) is 24.2 Å². The number of hydrogen-bond acceptors (Lipinski definition) is 4. The van der Waals surface area contributed by atoms with E-state index in [4.69, 9.17) is 0 Å². The van der Waals surface area contributed by atoms with Crippen LogP contribution in [0.15, 0.2) is 41.4 Å². The third-order valence-corrected chi connectivity index (χ3v) is 4.31. The number of carbonyl (C=O) groups is 1. The zero-order valence-corrected chi connectivity index (χ0v) is 15.2. The molecule has 1 heterocycles. The van der Waals surface area contributed by atoms with E-state index in [9.17, 15) is 31.1 Å². The molecular formula is C17H15F6N3OS. The molecule has 0 aliphatic heterocycles. The first-order chi connectivity index (χ1) is 13.0. The smallest absolute Gasteiger partial charge is 0.359 e. The standard InChI is InChI=1S/C17H15F6N3OS/c1-2-28-13-6-4-3-5-11(13)15(27)26-12-7-10(17(21,22)23)8-24-14(12)25-9-16(18,19)20/h3-8H,2,9H2,1H3,(H,24,25)(H,26,27). The third-order valence-electron chi connectivity index (χ3n) is 3.35. The van der Waals surface area contributed by atoms with Crippen molar-refractivity contribution in [1.82, 2.24) is 4.98 Å². The van der Waals surface area contributed by atoms with E-state index < -0.39 is 41.9 Å². The van der Waals surface area contributed by atoms with Crippen molar-refractivity contribution in [3.63, 3.8) is 0 Å². The van der Waals surface area contributed by atoms with E-state index in [1.165, 1.54) is 17.8 Å². The summed E-state index contributed by atoms with van der Waals surface area (Å²) in [5, 5.41) is 4.13. The van der Waals surface area contributed by atoms with Crippen LogP contribution in [0.4, 0.5) is 37.8 Å². The highest BCUT2D eigenvalue weighted by atomic mass is 32.2. The molecule has 0 radical (unpaired) electrons. The third kappa shape index (κ3) is 6.04. The number of halogens is 6. The Morgan fingerprint density at radius 2 is 1.82 bits per heavy atom. The van der Waals surface area contributed by atoms with Gasteiger partial charge in [0, 0.05) is 11.1 Å². The van der Waals surface area contributed by atoms with E-state index >= 15 is 0 Å². The second-order valence-electron chi connectivity index (χ2n) is 5.47. The number of pyridine rings is 1. The summed E-state index contributed by atoms with van der Waals surface area (Å²) in [5.41, 5.74) is -1.51. The molecular weight excluding hydrogens is 408 g/mol. The number of nitrogens with zero attached hydrogens (tertiary/aromatic N) is 1. The van der Waals surface area contributed by atoms with Gasteiger partial charge in [-0.1, -0.05) is 19.1 Å². The van der Waals surface area contributed by atoms with Crippen molar-refractivity contribution < 1.29 is 31.1 Å². The number of alkyl halides is 6. The van der Waals surface area contributed by atoms with Crippen LogP contribution in [0.1, 0.15) is 22.8 Å². The summed E-state index contributed by atoms with van der Waals surface area (Å²) in [4.78, 5) is 16.5. The predicted octanol–water partition coefficient (Wildman–Crippen LogP) is 5.44.